The molecule has 0 saturated heterocycles. The Balaban J connectivity index is 1.94. The minimum absolute atomic E-state index is 0.0437. The molecule has 1 saturated carbocycles. The molecule has 1 heterocycles. The van der Waals surface area contributed by atoms with Crippen LogP contribution in [0.3, 0.4) is 0 Å². The maximum absolute atomic E-state index is 9.28. The predicted octanol–water partition coefficient (Wildman–Crippen LogP) is 3.29. The van der Waals surface area contributed by atoms with Crippen molar-refractivity contribution in [1.29, 1.82) is 0 Å². The van der Waals surface area contributed by atoms with E-state index in [4.69, 9.17) is 15.2 Å². The Labute approximate surface area is 192 Å². The molecule has 0 spiro atoms. The lowest BCUT2D eigenvalue weighted by molar-refractivity contribution is -0.0452. The van der Waals surface area contributed by atoms with Gasteiger partial charge in [0.25, 0.3) is 0 Å². The highest BCUT2D eigenvalue weighted by atomic mass is 16.5. The third-order valence-electron chi connectivity index (χ3n) is 6.65. The fraction of sp³-hybridized carbons (Fsp3) is 0.640. The number of hydrogen-bond donors (Lipinski definition) is 2. The zero-order chi connectivity index (χ0) is 23.4. The van der Waals surface area contributed by atoms with Crippen molar-refractivity contribution < 1.29 is 14.6 Å². The average Bonchev–Trinajstić information content (AvgIpc) is 3.10. The van der Waals surface area contributed by atoms with Crippen LogP contribution in [0.15, 0.2) is 24.4 Å². The topological polar surface area (TPSA) is 85.8 Å². The lowest BCUT2D eigenvalue weighted by Gasteiger charge is -2.50. The van der Waals surface area contributed by atoms with Crippen LogP contribution in [0.2, 0.25) is 0 Å². The van der Waals surface area contributed by atoms with E-state index >= 15 is 0 Å². The van der Waals surface area contributed by atoms with Crippen molar-refractivity contribution >= 4 is 5.69 Å². The molecule has 0 aliphatic heterocycles. The highest BCUT2D eigenvalue weighted by Gasteiger charge is 2.51. The van der Waals surface area contributed by atoms with Gasteiger partial charge in [-0.2, -0.15) is 5.10 Å². The van der Waals surface area contributed by atoms with Gasteiger partial charge in [-0.05, 0) is 45.2 Å². The van der Waals surface area contributed by atoms with Crippen LogP contribution < -0.4 is 15.4 Å². The molecular formula is C25H40N4O3. The highest BCUT2D eigenvalue weighted by Crippen LogP contribution is 2.56. The summed E-state index contributed by atoms with van der Waals surface area (Å²) >= 11 is 0. The number of likely N-dealkylation sites (N-methyl/N-ethyl adjacent to an activating group) is 1. The molecule has 1 aliphatic rings. The normalized spacial score (nSPS) is 22.8. The Kier molecular flexibility index (Phi) is 8.20. The van der Waals surface area contributed by atoms with Crippen LogP contribution in [0.4, 0.5) is 5.69 Å². The highest BCUT2D eigenvalue weighted by molar-refractivity contribution is 5.56. The molecule has 4 atom stereocenters. The van der Waals surface area contributed by atoms with Gasteiger partial charge in [0, 0.05) is 62.1 Å². The number of nitrogens with zero attached hydrogens (tertiary/aromatic N) is 3. The summed E-state index contributed by atoms with van der Waals surface area (Å²) in [7, 11) is 1.79. The van der Waals surface area contributed by atoms with Crippen molar-refractivity contribution in [3.63, 3.8) is 0 Å². The van der Waals surface area contributed by atoms with E-state index in [1.165, 1.54) is 11.1 Å². The molecule has 178 valence electrons. The lowest BCUT2D eigenvalue weighted by Crippen LogP contribution is -2.47. The van der Waals surface area contributed by atoms with Gasteiger partial charge in [-0.25, -0.2) is 0 Å². The van der Waals surface area contributed by atoms with Crippen molar-refractivity contribution in [1.82, 2.24) is 9.78 Å². The molecule has 1 aromatic heterocycles. The van der Waals surface area contributed by atoms with Gasteiger partial charge in [0.15, 0.2) is 0 Å². The van der Waals surface area contributed by atoms with Gasteiger partial charge in [-0.3, -0.25) is 4.68 Å². The van der Waals surface area contributed by atoms with E-state index in [0.717, 1.165) is 30.2 Å². The van der Waals surface area contributed by atoms with E-state index < -0.39 is 0 Å². The van der Waals surface area contributed by atoms with Gasteiger partial charge >= 0.3 is 0 Å². The second kappa shape index (κ2) is 10.7. The Morgan fingerprint density at radius 2 is 1.97 bits per heavy atom. The molecule has 32 heavy (non-hydrogen) atoms. The van der Waals surface area contributed by atoms with Gasteiger partial charge in [0.1, 0.15) is 5.75 Å². The first-order valence-corrected chi connectivity index (χ1v) is 11.8. The Bertz CT molecular complexity index is 882. The molecule has 2 aromatic rings. The molecule has 3 rings (SSSR count). The van der Waals surface area contributed by atoms with Crippen LogP contribution in [0.25, 0.3) is 0 Å². The van der Waals surface area contributed by atoms with Crippen molar-refractivity contribution in [3.05, 3.63) is 41.2 Å². The summed E-state index contributed by atoms with van der Waals surface area (Å²) < 4.78 is 14.2. The van der Waals surface area contributed by atoms with Crippen molar-refractivity contribution in [2.24, 2.45) is 11.7 Å². The summed E-state index contributed by atoms with van der Waals surface area (Å²) in [5.41, 5.74) is 10.4. The first-order chi connectivity index (χ1) is 15.4. The van der Waals surface area contributed by atoms with E-state index in [2.05, 4.69) is 62.1 Å². The number of hydrogen-bond acceptors (Lipinski definition) is 6. The summed E-state index contributed by atoms with van der Waals surface area (Å²) in [6.45, 7) is 13.5. The second-order valence-corrected chi connectivity index (χ2v) is 9.02. The molecule has 1 fully saturated rings. The molecule has 3 N–H and O–H groups in total. The molecule has 4 unspecified atom stereocenters. The Morgan fingerprint density at radius 3 is 2.56 bits per heavy atom. The maximum atomic E-state index is 9.28. The van der Waals surface area contributed by atoms with E-state index in [-0.39, 0.29) is 30.7 Å². The molecule has 0 bridgehead atoms. The van der Waals surface area contributed by atoms with Gasteiger partial charge < -0.3 is 25.2 Å². The monoisotopic (exact) mass is 444 g/mol. The molecular weight excluding hydrogens is 404 g/mol. The van der Waals surface area contributed by atoms with E-state index in [9.17, 15) is 5.11 Å². The molecule has 7 nitrogen and oxygen atoms in total. The summed E-state index contributed by atoms with van der Waals surface area (Å²) in [5.74, 6) is 1.79. The minimum Gasteiger partial charge on any atom is -0.491 e. The lowest BCUT2D eigenvalue weighted by atomic mass is 9.58. The first-order valence-electron chi connectivity index (χ1n) is 11.8. The second-order valence-electron chi connectivity index (χ2n) is 9.02. The van der Waals surface area contributed by atoms with Gasteiger partial charge in [0.2, 0.25) is 0 Å². The number of aliphatic hydroxyl groups is 1. The zero-order valence-electron chi connectivity index (χ0n) is 20.4. The zero-order valence-corrected chi connectivity index (χ0v) is 20.4. The number of aromatic nitrogens is 2. The summed E-state index contributed by atoms with van der Waals surface area (Å²) in [6, 6.07) is 6.54. The smallest absolute Gasteiger partial charge is 0.125 e. The summed E-state index contributed by atoms with van der Waals surface area (Å²) in [5, 5.41) is 13.9. The van der Waals surface area contributed by atoms with Crippen LogP contribution in [-0.2, 0) is 11.3 Å². The molecule has 1 aromatic carbocycles. The summed E-state index contributed by atoms with van der Waals surface area (Å²) in [6.07, 6.45) is 2.19. The quantitative estimate of drug-likeness (QED) is 0.553. The van der Waals surface area contributed by atoms with Gasteiger partial charge in [-0.15, -0.1) is 0 Å². The van der Waals surface area contributed by atoms with E-state index in [0.29, 0.717) is 19.0 Å². The SMILES string of the molecule is CCN(CCN)c1ccc(C2C(C)C(c3cn(CCO)nc3C)C2OC)c(OC(C)C)c1. The number of nitrogens with two attached hydrogens (primary N) is 1. The van der Waals surface area contributed by atoms with Crippen LogP contribution in [0.5, 0.6) is 5.75 Å². The van der Waals surface area contributed by atoms with Crippen LogP contribution in [0.1, 0.15) is 56.4 Å². The first kappa shape index (κ1) is 24.6. The number of anilines is 1. The maximum Gasteiger partial charge on any atom is 0.125 e. The number of ether oxygens (including phenoxy) is 2. The fourth-order valence-electron chi connectivity index (χ4n) is 5.17. The van der Waals surface area contributed by atoms with Gasteiger partial charge in [0.05, 0.1) is 31.1 Å². The largest absolute Gasteiger partial charge is 0.491 e. The fourth-order valence-corrected chi connectivity index (χ4v) is 5.17. The molecule has 0 radical (unpaired) electrons. The Morgan fingerprint density at radius 1 is 1.25 bits per heavy atom. The van der Waals surface area contributed by atoms with E-state index in [1.54, 1.807) is 7.11 Å². The minimum atomic E-state index is 0.0437. The van der Waals surface area contributed by atoms with Crippen LogP contribution in [-0.4, -0.2) is 60.4 Å². The Hall–Kier alpha value is -2.09. The standard InChI is InChI=1S/C25H40N4O3/c1-7-28(11-10-26)19-8-9-20(22(14-19)32-16(2)3)23-17(4)24(25(23)31-6)21-15-29(12-13-30)27-18(21)5/h8-9,14-17,23-25,30H,7,10-13,26H2,1-6H3. The molecule has 7 heteroatoms. The van der Waals surface area contributed by atoms with Crippen molar-refractivity contribution in [3.8, 4) is 5.75 Å². The summed E-state index contributed by atoms with van der Waals surface area (Å²) in [4.78, 5) is 2.27. The number of benzene rings is 1. The van der Waals surface area contributed by atoms with Crippen LogP contribution >= 0.6 is 0 Å². The van der Waals surface area contributed by atoms with Crippen molar-refractivity contribution in [2.45, 2.75) is 65.2 Å². The average molecular weight is 445 g/mol. The van der Waals surface area contributed by atoms with Gasteiger partial charge in [-0.1, -0.05) is 13.0 Å². The van der Waals surface area contributed by atoms with E-state index in [1.807, 2.05) is 11.6 Å². The third-order valence-corrected chi connectivity index (χ3v) is 6.65. The number of aliphatic hydroxyl groups excluding tert-OH is 1. The van der Waals surface area contributed by atoms with Crippen molar-refractivity contribution in [2.75, 3.05) is 38.3 Å². The molecule has 0 amide bonds. The number of aryl methyl sites for hydroxylation is 1. The number of rotatable bonds is 11. The molecule has 1 aliphatic carbocycles. The van der Waals surface area contributed by atoms with Crippen LogP contribution in [0, 0.1) is 12.8 Å². The number of methoxy groups -OCH3 is 1. The predicted molar refractivity (Wildman–Crippen MR) is 129 cm³/mol. The third kappa shape index (κ3) is 4.80.